The van der Waals surface area contributed by atoms with Gasteiger partial charge in [0.15, 0.2) is 0 Å². The van der Waals surface area contributed by atoms with E-state index in [0.29, 0.717) is 24.9 Å². The van der Waals surface area contributed by atoms with E-state index in [1.54, 1.807) is 26.8 Å². The third kappa shape index (κ3) is 5.62. The van der Waals surface area contributed by atoms with Gasteiger partial charge >= 0.3 is 18.2 Å². The molecule has 0 aliphatic carbocycles. The highest BCUT2D eigenvalue weighted by molar-refractivity contribution is 5.77. The predicted molar refractivity (Wildman–Crippen MR) is 96.9 cm³/mol. The van der Waals surface area contributed by atoms with E-state index in [1.807, 2.05) is 0 Å². The smallest absolute Gasteiger partial charge is 0.416 e. The van der Waals surface area contributed by atoms with Gasteiger partial charge in [-0.05, 0) is 58.1 Å². The molecule has 1 aliphatic rings. The van der Waals surface area contributed by atoms with Crippen molar-refractivity contribution in [3.8, 4) is 0 Å². The number of carboxylic acid groups (broad SMARTS) is 1. The lowest BCUT2D eigenvalue weighted by Gasteiger charge is -2.40. The number of alkyl halides is 3. The van der Waals surface area contributed by atoms with Crippen LogP contribution in [0, 0.1) is 5.41 Å². The van der Waals surface area contributed by atoms with Gasteiger partial charge in [0, 0.05) is 13.1 Å². The topological polar surface area (TPSA) is 66.8 Å². The van der Waals surface area contributed by atoms with Crippen molar-refractivity contribution >= 4 is 12.1 Å². The summed E-state index contributed by atoms with van der Waals surface area (Å²) >= 11 is 0. The Hall–Kier alpha value is -2.25. The second kappa shape index (κ2) is 8.01. The number of carbonyl (C=O) groups is 2. The summed E-state index contributed by atoms with van der Waals surface area (Å²) in [6.45, 7) is 5.57. The van der Waals surface area contributed by atoms with Crippen LogP contribution >= 0.6 is 0 Å². The zero-order chi connectivity index (χ0) is 21.2. The molecule has 1 amide bonds. The molecule has 1 heterocycles. The Labute approximate surface area is 162 Å². The lowest BCUT2D eigenvalue weighted by atomic mass is 9.75. The quantitative estimate of drug-likeness (QED) is 0.791. The number of nitrogens with zero attached hydrogens (tertiary/aromatic N) is 1. The molecule has 8 heteroatoms. The predicted octanol–water partition coefficient (Wildman–Crippen LogP) is 4.74. The number of likely N-dealkylation sites (tertiary alicyclic amines) is 1. The minimum atomic E-state index is -4.45. The van der Waals surface area contributed by atoms with Crippen LogP contribution in [0.25, 0.3) is 0 Å². The highest BCUT2D eigenvalue weighted by Crippen LogP contribution is 2.36. The van der Waals surface area contributed by atoms with E-state index in [9.17, 15) is 27.9 Å². The maximum absolute atomic E-state index is 12.9. The van der Waals surface area contributed by atoms with Crippen LogP contribution in [-0.4, -0.2) is 40.8 Å². The van der Waals surface area contributed by atoms with Crippen molar-refractivity contribution in [1.29, 1.82) is 0 Å². The molecule has 1 N–H and O–H groups in total. The van der Waals surface area contributed by atoms with Crippen molar-refractivity contribution in [1.82, 2.24) is 4.90 Å². The number of hydrogen-bond donors (Lipinski definition) is 1. The molecule has 2 rings (SSSR count). The van der Waals surface area contributed by atoms with Crippen molar-refractivity contribution in [3.63, 3.8) is 0 Å². The van der Waals surface area contributed by atoms with Gasteiger partial charge in [-0.2, -0.15) is 13.2 Å². The Balaban J connectivity index is 2.14. The molecule has 0 bridgehead atoms. The standard InChI is InChI=1S/C20H26F3NO4/c1-18(2,3)28-17(27)24-11-5-9-19(13-24,16(25)26)10-8-14-6-4-7-15(12-14)20(21,22)23/h4,6-7,12H,5,8-11,13H2,1-3H3,(H,25,26). The lowest BCUT2D eigenvalue weighted by Crippen LogP contribution is -2.51. The second-order valence-corrected chi connectivity index (χ2v) is 8.29. The van der Waals surface area contributed by atoms with Gasteiger partial charge in [-0.15, -0.1) is 0 Å². The molecule has 0 radical (unpaired) electrons. The van der Waals surface area contributed by atoms with Crippen LogP contribution in [0.5, 0.6) is 0 Å². The number of piperidine rings is 1. The Morgan fingerprint density at radius 2 is 1.93 bits per heavy atom. The number of carbonyl (C=O) groups excluding carboxylic acids is 1. The highest BCUT2D eigenvalue weighted by atomic mass is 19.4. The summed E-state index contributed by atoms with van der Waals surface area (Å²) in [5, 5.41) is 9.82. The number of aryl methyl sites for hydroxylation is 1. The van der Waals surface area contributed by atoms with Gasteiger partial charge in [-0.3, -0.25) is 4.79 Å². The fourth-order valence-electron chi connectivity index (χ4n) is 3.39. The molecule has 1 unspecified atom stereocenters. The highest BCUT2D eigenvalue weighted by Gasteiger charge is 2.44. The molecule has 0 saturated carbocycles. The van der Waals surface area contributed by atoms with Crippen molar-refractivity contribution in [2.45, 2.75) is 58.2 Å². The summed E-state index contributed by atoms with van der Waals surface area (Å²) < 4.78 is 44.0. The normalized spacial score (nSPS) is 20.7. The third-order valence-corrected chi connectivity index (χ3v) is 4.83. The summed E-state index contributed by atoms with van der Waals surface area (Å²) in [6.07, 6.45) is -3.84. The fourth-order valence-corrected chi connectivity index (χ4v) is 3.39. The van der Waals surface area contributed by atoms with Crippen molar-refractivity contribution in [3.05, 3.63) is 35.4 Å². The van der Waals surface area contributed by atoms with Gasteiger partial charge in [0.05, 0.1) is 11.0 Å². The van der Waals surface area contributed by atoms with Gasteiger partial charge in [0.2, 0.25) is 0 Å². The minimum absolute atomic E-state index is 0.0177. The van der Waals surface area contributed by atoms with Crippen LogP contribution in [0.1, 0.15) is 51.2 Å². The van der Waals surface area contributed by atoms with Crippen molar-refractivity contribution < 1.29 is 32.6 Å². The number of aliphatic carboxylic acids is 1. The van der Waals surface area contributed by atoms with Gasteiger partial charge in [-0.25, -0.2) is 4.79 Å². The molecule has 0 aromatic heterocycles. The maximum atomic E-state index is 12.9. The number of halogens is 3. The largest absolute Gasteiger partial charge is 0.481 e. The third-order valence-electron chi connectivity index (χ3n) is 4.83. The summed E-state index contributed by atoms with van der Waals surface area (Å²) in [5.41, 5.74) is -2.24. The molecule has 1 fully saturated rings. The van der Waals surface area contributed by atoms with Crippen LogP contribution in [0.15, 0.2) is 24.3 Å². The summed E-state index contributed by atoms with van der Waals surface area (Å²) in [4.78, 5) is 25.7. The van der Waals surface area contributed by atoms with Gasteiger partial charge < -0.3 is 14.7 Å². The van der Waals surface area contributed by atoms with Crippen LogP contribution in [-0.2, 0) is 22.1 Å². The number of ether oxygens (including phenoxy) is 1. The molecule has 156 valence electrons. The number of hydrogen-bond acceptors (Lipinski definition) is 3. The van der Waals surface area contributed by atoms with E-state index >= 15 is 0 Å². The first-order valence-electron chi connectivity index (χ1n) is 9.20. The van der Waals surface area contributed by atoms with E-state index in [1.165, 1.54) is 11.0 Å². The Morgan fingerprint density at radius 3 is 2.50 bits per heavy atom. The van der Waals surface area contributed by atoms with E-state index in [-0.39, 0.29) is 19.4 Å². The second-order valence-electron chi connectivity index (χ2n) is 8.29. The number of carboxylic acids is 1. The Morgan fingerprint density at radius 1 is 1.25 bits per heavy atom. The lowest BCUT2D eigenvalue weighted by molar-refractivity contribution is -0.152. The van der Waals surface area contributed by atoms with Crippen LogP contribution in [0.4, 0.5) is 18.0 Å². The van der Waals surface area contributed by atoms with Crippen LogP contribution in [0.2, 0.25) is 0 Å². The molecular formula is C20H26F3NO4. The van der Waals surface area contributed by atoms with E-state index in [4.69, 9.17) is 4.74 Å². The average molecular weight is 401 g/mol. The molecule has 28 heavy (non-hydrogen) atoms. The fraction of sp³-hybridized carbons (Fsp3) is 0.600. The van der Waals surface area contributed by atoms with Crippen molar-refractivity contribution in [2.24, 2.45) is 5.41 Å². The maximum Gasteiger partial charge on any atom is 0.416 e. The number of rotatable bonds is 4. The molecule has 1 aromatic rings. The van der Waals surface area contributed by atoms with Gasteiger partial charge in [0.25, 0.3) is 0 Å². The first-order valence-corrected chi connectivity index (χ1v) is 9.20. The molecule has 1 aliphatic heterocycles. The summed E-state index contributed by atoms with van der Waals surface area (Å²) in [7, 11) is 0. The molecule has 1 saturated heterocycles. The Kier molecular flexibility index (Phi) is 6.31. The summed E-state index contributed by atoms with van der Waals surface area (Å²) in [5.74, 6) is -1.05. The van der Waals surface area contributed by atoms with Gasteiger partial charge in [0.1, 0.15) is 5.60 Å². The SMILES string of the molecule is CC(C)(C)OC(=O)N1CCCC(CCc2cccc(C(F)(F)F)c2)(C(=O)O)C1. The molecule has 0 spiro atoms. The zero-order valence-electron chi connectivity index (χ0n) is 16.3. The van der Waals surface area contributed by atoms with Gasteiger partial charge in [-0.1, -0.05) is 18.2 Å². The van der Waals surface area contributed by atoms with Crippen LogP contribution in [0.3, 0.4) is 0 Å². The van der Waals surface area contributed by atoms with E-state index < -0.39 is 34.8 Å². The van der Waals surface area contributed by atoms with E-state index in [0.717, 1.165) is 12.1 Å². The monoisotopic (exact) mass is 401 g/mol. The number of amides is 1. The Bertz CT molecular complexity index is 727. The summed E-state index contributed by atoms with van der Waals surface area (Å²) in [6, 6.07) is 4.91. The molecule has 1 atom stereocenters. The first-order chi connectivity index (χ1) is 12.8. The average Bonchev–Trinajstić information content (AvgIpc) is 2.58. The van der Waals surface area contributed by atoms with Crippen molar-refractivity contribution in [2.75, 3.05) is 13.1 Å². The molecule has 1 aromatic carbocycles. The first kappa shape index (κ1) is 22.0. The minimum Gasteiger partial charge on any atom is -0.481 e. The van der Waals surface area contributed by atoms with E-state index in [2.05, 4.69) is 0 Å². The van der Waals surface area contributed by atoms with Crippen LogP contribution < -0.4 is 0 Å². The molecular weight excluding hydrogens is 375 g/mol. The number of benzene rings is 1. The molecule has 5 nitrogen and oxygen atoms in total. The zero-order valence-corrected chi connectivity index (χ0v) is 16.3.